The second kappa shape index (κ2) is 9.88. The van der Waals surface area contributed by atoms with Crippen molar-refractivity contribution in [2.45, 2.75) is 13.0 Å². The standard InChI is InChI=1S/C17H25ClN2O3/c1-22-9-8-20-7-6-14(11-20)10-19-17(21)13-23-12-15-4-2-3-5-16(15)18/h2-5,14H,6-13H2,1H3,(H,19,21). The first-order valence-electron chi connectivity index (χ1n) is 7.98. The van der Waals surface area contributed by atoms with Crippen molar-refractivity contribution in [3.05, 3.63) is 34.9 Å². The fourth-order valence-corrected chi connectivity index (χ4v) is 2.87. The van der Waals surface area contributed by atoms with Crippen molar-refractivity contribution in [1.82, 2.24) is 10.2 Å². The number of halogens is 1. The smallest absolute Gasteiger partial charge is 0.246 e. The number of methoxy groups -OCH3 is 1. The topological polar surface area (TPSA) is 50.8 Å². The number of hydrogen-bond donors (Lipinski definition) is 1. The lowest BCUT2D eigenvalue weighted by atomic mass is 10.1. The molecule has 0 bridgehead atoms. The number of nitrogens with zero attached hydrogens (tertiary/aromatic N) is 1. The Morgan fingerprint density at radius 3 is 3.04 bits per heavy atom. The van der Waals surface area contributed by atoms with Crippen LogP contribution in [0.2, 0.25) is 5.02 Å². The van der Waals surface area contributed by atoms with E-state index < -0.39 is 0 Å². The summed E-state index contributed by atoms with van der Waals surface area (Å²) in [4.78, 5) is 14.2. The molecule has 1 atom stereocenters. The highest BCUT2D eigenvalue weighted by Gasteiger charge is 2.22. The lowest BCUT2D eigenvalue weighted by Gasteiger charge is -2.15. The van der Waals surface area contributed by atoms with Gasteiger partial charge in [0.15, 0.2) is 0 Å². The van der Waals surface area contributed by atoms with Gasteiger partial charge in [-0.15, -0.1) is 0 Å². The van der Waals surface area contributed by atoms with E-state index >= 15 is 0 Å². The third-order valence-corrected chi connectivity index (χ3v) is 4.39. The van der Waals surface area contributed by atoms with Gasteiger partial charge in [0, 0.05) is 31.8 Å². The van der Waals surface area contributed by atoms with Gasteiger partial charge in [-0.25, -0.2) is 0 Å². The van der Waals surface area contributed by atoms with Crippen LogP contribution in [0.3, 0.4) is 0 Å². The SMILES string of the molecule is COCCN1CCC(CNC(=O)COCc2ccccc2Cl)C1. The second-order valence-corrected chi connectivity index (χ2v) is 6.24. The summed E-state index contributed by atoms with van der Waals surface area (Å²) in [5.74, 6) is 0.437. The molecule has 1 amide bonds. The predicted molar refractivity (Wildman–Crippen MR) is 90.5 cm³/mol. The number of hydrogen-bond acceptors (Lipinski definition) is 4. The number of carbonyl (C=O) groups excluding carboxylic acids is 1. The molecule has 0 aromatic heterocycles. The van der Waals surface area contributed by atoms with E-state index in [-0.39, 0.29) is 12.5 Å². The van der Waals surface area contributed by atoms with Crippen molar-refractivity contribution < 1.29 is 14.3 Å². The first kappa shape index (κ1) is 18.2. The number of amides is 1. The van der Waals surface area contributed by atoms with Crippen LogP contribution < -0.4 is 5.32 Å². The quantitative estimate of drug-likeness (QED) is 0.746. The van der Waals surface area contributed by atoms with Crippen LogP contribution in [0.4, 0.5) is 0 Å². The first-order valence-corrected chi connectivity index (χ1v) is 8.36. The van der Waals surface area contributed by atoms with Crippen LogP contribution >= 0.6 is 11.6 Å². The number of carbonyl (C=O) groups is 1. The lowest BCUT2D eigenvalue weighted by molar-refractivity contribution is -0.126. The molecule has 6 heteroatoms. The average Bonchev–Trinajstić information content (AvgIpc) is 3.01. The summed E-state index contributed by atoms with van der Waals surface area (Å²) >= 11 is 6.04. The Morgan fingerprint density at radius 2 is 2.26 bits per heavy atom. The number of rotatable bonds is 9. The Kier molecular flexibility index (Phi) is 7.82. The highest BCUT2D eigenvalue weighted by atomic mass is 35.5. The van der Waals surface area contributed by atoms with E-state index in [9.17, 15) is 4.79 Å². The molecule has 1 aliphatic rings. The molecule has 0 saturated carbocycles. The van der Waals surface area contributed by atoms with E-state index in [0.717, 1.165) is 38.2 Å². The number of nitrogens with one attached hydrogen (secondary N) is 1. The van der Waals surface area contributed by atoms with Gasteiger partial charge in [-0.05, 0) is 30.5 Å². The largest absolute Gasteiger partial charge is 0.383 e. The van der Waals surface area contributed by atoms with E-state index in [1.807, 2.05) is 24.3 Å². The van der Waals surface area contributed by atoms with Crippen molar-refractivity contribution in [2.75, 3.05) is 46.5 Å². The maximum Gasteiger partial charge on any atom is 0.246 e. The molecular formula is C17H25ClN2O3. The molecule has 0 radical (unpaired) electrons. The van der Waals surface area contributed by atoms with Gasteiger partial charge in [-0.1, -0.05) is 29.8 Å². The van der Waals surface area contributed by atoms with Crippen LogP contribution in [0, 0.1) is 5.92 Å². The highest BCUT2D eigenvalue weighted by Crippen LogP contribution is 2.16. The second-order valence-electron chi connectivity index (χ2n) is 5.84. The van der Waals surface area contributed by atoms with E-state index in [4.69, 9.17) is 21.1 Å². The maximum atomic E-state index is 11.8. The molecule has 128 valence electrons. The van der Waals surface area contributed by atoms with Crippen LogP contribution in [-0.4, -0.2) is 57.3 Å². The minimum atomic E-state index is -0.0765. The monoisotopic (exact) mass is 340 g/mol. The Bertz CT molecular complexity index is 498. The highest BCUT2D eigenvalue weighted by molar-refractivity contribution is 6.31. The van der Waals surface area contributed by atoms with Gasteiger partial charge in [-0.2, -0.15) is 0 Å². The number of benzene rings is 1. The number of likely N-dealkylation sites (tertiary alicyclic amines) is 1. The van der Waals surface area contributed by atoms with Gasteiger partial charge in [0.2, 0.25) is 5.91 Å². The molecule has 1 aromatic rings. The van der Waals surface area contributed by atoms with Crippen LogP contribution in [0.1, 0.15) is 12.0 Å². The first-order chi connectivity index (χ1) is 11.2. The average molecular weight is 341 g/mol. The zero-order chi connectivity index (χ0) is 16.5. The summed E-state index contributed by atoms with van der Waals surface area (Å²) in [5, 5.41) is 3.61. The summed E-state index contributed by atoms with van der Waals surface area (Å²) in [5.41, 5.74) is 0.895. The van der Waals surface area contributed by atoms with Gasteiger partial charge >= 0.3 is 0 Å². The van der Waals surface area contributed by atoms with Crippen molar-refractivity contribution in [2.24, 2.45) is 5.92 Å². The molecular weight excluding hydrogens is 316 g/mol. The summed E-state index contributed by atoms with van der Waals surface area (Å²) in [6.07, 6.45) is 1.12. The van der Waals surface area contributed by atoms with E-state index in [1.165, 1.54) is 0 Å². The molecule has 1 N–H and O–H groups in total. The van der Waals surface area contributed by atoms with Crippen molar-refractivity contribution in [3.8, 4) is 0 Å². The molecule has 0 spiro atoms. The normalized spacial score (nSPS) is 18.3. The van der Waals surface area contributed by atoms with E-state index in [0.29, 0.717) is 24.1 Å². The summed E-state index contributed by atoms with van der Waals surface area (Å²) in [6.45, 7) is 4.93. The van der Waals surface area contributed by atoms with Crippen LogP contribution in [0.25, 0.3) is 0 Å². The molecule has 1 aliphatic heterocycles. The molecule has 1 heterocycles. The van der Waals surface area contributed by atoms with Crippen molar-refractivity contribution in [1.29, 1.82) is 0 Å². The maximum absolute atomic E-state index is 11.8. The van der Waals surface area contributed by atoms with Crippen LogP contribution in [0.15, 0.2) is 24.3 Å². The van der Waals surface area contributed by atoms with Crippen molar-refractivity contribution in [3.63, 3.8) is 0 Å². The summed E-state index contributed by atoms with van der Waals surface area (Å²) in [7, 11) is 1.72. The Balaban J connectivity index is 1.58. The minimum absolute atomic E-state index is 0.0608. The third kappa shape index (κ3) is 6.47. The van der Waals surface area contributed by atoms with Crippen LogP contribution in [-0.2, 0) is 20.9 Å². The molecule has 1 aromatic carbocycles. The summed E-state index contributed by atoms with van der Waals surface area (Å²) < 4.78 is 10.5. The van der Waals surface area contributed by atoms with Gasteiger partial charge < -0.3 is 19.7 Å². The lowest BCUT2D eigenvalue weighted by Crippen LogP contribution is -2.33. The van der Waals surface area contributed by atoms with Gasteiger partial charge in [0.05, 0.1) is 13.2 Å². The molecule has 1 saturated heterocycles. The molecule has 2 rings (SSSR count). The molecule has 23 heavy (non-hydrogen) atoms. The van der Waals surface area contributed by atoms with Crippen LogP contribution in [0.5, 0.6) is 0 Å². The van der Waals surface area contributed by atoms with Gasteiger partial charge in [0.1, 0.15) is 6.61 Å². The fraction of sp³-hybridized carbons (Fsp3) is 0.588. The fourth-order valence-electron chi connectivity index (χ4n) is 2.68. The molecule has 1 fully saturated rings. The molecule has 1 unspecified atom stereocenters. The van der Waals surface area contributed by atoms with Crippen molar-refractivity contribution >= 4 is 17.5 Å². The molecule has 0 aliphatic carbocycles. The number of ether oxygens (including phenoxy) is 2. The Labute approximate surface area is 142 Å². The zero-order valence-electron chi connectivity index (χ0n) is 13.6. The third-order valence-electron chi connectivity index (χ3n) is 4.02. The van der Waals surface area contributed by atoms with E-state index in [1.54, 1.807) is 7.11 Å². The van der Waals surface area contributed by atoms with E-state index in [2.05, 4.69) is 10.2 Å². The zero-order valence-corrected chi connectivity index (χ0v) is 14.3. The Morgan fingerprint density at radius 1 is 1.43 bits per heavy atom. The Hall–Kier alpha value is -1.14. The molecule has 5 nitrogen and oxygen atoms in total. The predicted octanol–water partition coefficient (Wildman–Crippen LogP) is 1.94. The minimum Gasteiger partial charge on any atom is -0.383 e. The van der Waals surface area contributed by atoms with Gasteiger partial charge in [-0.3, -0.25) is 4.79 Å². The summed E-state index contributed by atoms with van der Waals surface area (Å²) in [6, 6.07) is 7.49. The van der Waals surface area contributed by atoms with Gasteiger partial charge in [0.25, 0.3) is 0 Å².